The smallest absolute Gasteiger partial charge is 0.349 e. The van der Waals surface area contributed by atoms with Gasteiger partial charge in [0, 0.05) is 11.8 Å². The highest BCUT2D eigenvalue weighted by molar-refractivity contribution is 6.03. The first-order valence-corrected chi connectivity index (χ1v) is 7.40. The van der Waals surface area contributed by atoms with E-state index in [-0.39, 0.29) is 12.4 Å². The van der Waals surface area contributed by atoms with Gasteiger partial charge in [-0.3, -0.25) is 19.0 Å². The number of carbonyl (C=O) groups is 3. The molecule has 1 aromatic carbocycles. The van der Waals surface area contributed by atoms with E-state index in [1.807, 2.05) is 0 Å². The summed E-state index contributed by atoms with van der Waals surface area (Å²) in [6.07, 6.45) is 1.28. The molecule has 10 heteroatoms. The zero-order valence-corrected chi connectivity index (χ0v) is 13.8. The van der Waals surface area contributed by atoms with E-state index in [1.54, 1.807) is 24.3 Å². The van der Waals surface area contributed by atoms with Crippen LogP contribution in [-0.4, -0.2) is 46.1 Å². The number of benzene rings is 1. The standard InChI is InChI=1S/C16H16N4O6/c1-26-11-4-2-10(3-5-11)15(24)18-12-6-7-20(16(25)19-12)9-13(21)17-8-14(22)23/h2-7H,8-9H2,1H3,(H,17,21)(H,22,23)(H,18,19,24,25). The second-order valence-electron chi connectivity index (χ2n) is 5.08. The quantitative estimate of drug-likeness (QED) is 0.616. The first-order chi connectivity index (χ1) is 12.4. The summed E-state index contributed by atoms with van der Waals surface area (Å²) < 4.78 is 5.99. The fraction of sp³-hybridized carbons (Fsp3) is 0.188. The van der Waals surface area contributed by atoms with Crippen molar-refractivity contribution >= 4 is 23.6 Å². The van der Waals surface area contributed by atoms with Gasteiger partial charge in [-0.25, -0.2) is 4.79 Å². The van der Waals surface area contributed by atoms with Crippen LogP contribution in [0.2, 0.25) is 0 Å². The zero-order valence-electron chi connectivity index (χ0n) is 13.8. The molecule has 0 unspecified atom stereocenters. The predicted molar refractivity (Wildman–Crippen MR) is 90.1 cm³/mol. The number of nitrogens with one attached hydrogen (secondary N) is 2. The summed E-state index contributed by atoms with van der Waals surface area (Å²) in [6.45, 7) is -0.928. The van der Waals surface area contributed by atoms with Gasteiger partial charge in [-0.1, -0.05) is 0 Å². The minimum Gasteiger partial charge on any atom is -0.497 e. The van der Waals surface area contributed by atoms with Crippen molar-refractivity contribution < 1.29 is 24.2 Å². The number of amides is 2. The van der Waals surface area contributed by atoms with Crippen LogP contribution < -0.4 is 21.1 Å². The third kappa shape index (κ3) is 5.16. The number of carbonyl (C=O) groups excluding carboxylic acids is 2. The van der Waals surface area contributed by atoms with Crippen LogP contribution in [0.5, 0.6) is 5.75 Å². The molecule has 0 aliphatic rings. The Morgan fingerprint density at radius 2 is 1.88 bits per heavy atom. The lowest BCUT2D eigenvalue weighted by Crippen LogP contribution is -2.35. The van der Waals surface area contributed by atoms with E-state index in [4.69, 9.17) is 9.84 Å². The van der Waals surface area contributed by atoms with Gasteiger partial charge in [0.25, 0.3) is 5.91 Å². The molecule has 0 fully saturated rings. The summed E-state index contributed by atoms with van der Waals surface area (Å²) in [6, 6.07) is 7.71. The number of aromatic nitrogens is 2. The van der Waals surface area contributed by atoms with Crippen molar-refractivity contribution in [2.24, 2.45) is 0 Å². The minimum absolute atomic E-state index is 0.0259. The Hall–Kier alpha value is -3.69. The zero-order chi connectivity index (χ0) is 19.1. The molecule has 0 saturated carbocycles. The van der Waals surface area contributed by atoms with Gasteiger partial charge in [-0.05, 0) is 30.3 Å². The van der Waals surface area contributed by atoms with Gasteiger partial charge in [-0.15, -0.1) is 0 Å². The third-order valence-electron chi connectivity index (χ3n) is 3.22. The van der Waals surface area contributed by atoms with Crippen LogP contribution in [0.25, 0.3) is 0 Å². The molecule has 2 rings (SSSR count). The average molecular weight is 360 g/mol. The number of carboxylic acid groups (broad SMARTS) is 1. The van der Waals surface area contributed by atoms with E-state index in [0.717, 1.165) is 4.57 Å². The number of hydrogen-bond acceptors (Lipinski definition) is 6. The Labute approximate surface area is 147 Å². The first-order valence-electron chi connectivity index (χ1n) is 7.40. The minimum atomic E-state index is -1.19. The van der Waals surface area contributed by atoms with Gasteiger partial charge < -0.3 is 20.5 Å². The molecule has 0 aliphatic carbocycles. The number of nitrogens with zero attached hydrogens (tertiary/aromatic N) is 2. The lowest BCUT2D eigenvalue weighted by molar-refractivity contribution is -0.138. The monoisotopic (exact) mass is 360 g/mol. The average Bonchev–Trinajstić information content (AvgIpc) is 2.62. The van der Waals surface area contributed by atoms with Crippen LogP contribution in [0.15, 0.2) is 41.3 Å². The summed E-state index contributed by atoms with van der Waals surface area (Å²) >= 11 is 0. The fourth-order valence-electron chi connectivity index (χ4n) is 1.93. The summed E-state index contributed by atoms with van der Waals surface area (Å²) in [5.74, 6) is -1.68. The molecule has 1 heterocycles. The van der Waals surface area contributed by atoms with E-state index in [0.29, 0.717) is 11.3 Å². The van der Waals surface area contributed by atoms with E-state index >= 15 is 0 Å². The van der Waals surface area contributed by atoms with Gasteiger partial charge >= 0.3 is 11.7 Å². The largest absolute Gasteiger partial charge is 0.497 e. The maximum Gasteiger partial charge on any atom is 0.349 e. The van der Waals surface area contributed by atoms with Crippen LogP contribution >= 0.6 is 0 Å². The fourth-order valence-corrected chi connectivity index (χ4v) is 1.93. The second kappa shape index (κ2) is 8.42. The molecule has 2 amide bonds. The molecule has 2 aromatic rings. The Morgan fingerprint density at radius 3 is 2.46 bits per heavy atom. The number of rotatable bonds is 7. The number of aliphatic carboxylic acids is 1. The number of carboxylic acids is 1. The van der Waals surface area contributed by atoms with Crippen LogP contribution in [0.4, 0.5) is 5.82 Å². The lowest BCUT2D eigenvalue weighted by atomic mass is 10.2. The molecule has 3 N–H and O–H groups in total. The number of methoxy groups -OCH3 is 1. The van der Waals surface area contributed by atoms with Crippen molar-refractivity contribution in [3.8, 4) is 5.75 Å². The van der Waals surface area contributed by atoms with Gasteiger partial charge in [0.1, 0.15) is 24.7 Å². The Balaban J connectivity index is 2.01. The van der Waals surface area contributed by atoms with E-state index in [2.05, 4.69) is 15.6 Å². The highest BCUT2D eigenvalue weighted by Crippen LogP contribution is 2.12. The molecule has 0 atom stereocenters. The maximum absolute atomic E-state index is 12.1. The Kier molecular flexibility index (Phi) is 6.04. The SMILES string of the molecule is COc1ccc(C(=O)Nc2ccn(CC(=O)NCC(=O)O)c(=O)n2)cc1. The van der Waals surface area contributed by atoms with Crippen LogP contribution in [0.3, 0.4) is 0 Å². The summed E-state index contributed by atoms with van der Waals surface area (Å²) in [7, 11) is 1.51. The number of ether oxygens (including phenoxy) is 1. The van der Waals surface area contributed by atoms with Crippen molar-refractivity contribution in [3.63, 3.8) is 0 Å². The van der Waals surface area contributed by atoms with Crippen LogP contribution in [-0.2, 0) is 16.1 Å². The molecule has 0 saturated heterocycles. The van der Waals surface area contributed by atoms with E-state index < -0.39 is 30.0 Å². The summed E-state index contributed by atoms with van der Waals surface area (Å²) in [4.78, 5) is 49.6. The maximum atomic E-state index is 12.1. The molecule has 0 spiro atoms. The molecule has 1 aromatic heterocycles. The Morgan fingerprint density at radius 1 is 1.19 bits per heavy atom. The highest BCUT2D eigenvalue weighted by atomic mass is 16.5. The van der Waals surface area contributed by atoms with Gasteiger partial charge in [-0.2, -0.15) is 4.98 Å². The van der Waals surface area contributed by atoms with E-state index in [9.17, 15) is 19.2 Å². The lowest BCUT2D eigenvalue weighted by Gasteiger charge is -2.08. The van der Waals surface area contributed by atoms with Crippen molar-refractivity contribution in [3.05, 3.63) is 52.6 Å². The molecule has 0 bridgehead atoms. The second-order valence-corrected chi connectivity index (χ2v) is 5.08. The van der Waals surface area contributed by atoms with Crippen molar-refractivity contribution in [2.45, 2.75) is 6.54 Å². The van der Waals surface area contributed by atoms with Gasteiger partial charge in [0.05, 0.1) is 7.11 Å². The molecular formula is C16H16N4O6. The summed E-state index contributed by atoms with van der Waals surface area (Å²) in [5, 5.41) is 13.1. The number of anilines is 1. The van der Waals surface area contributed by atoms with Crippen LogP contribution in [0.1, 0.15) is 10.4 Å². The third-order valence-corrected chi connectivity index (χ3v) is 3.22. The topological polar surface area (TPSA) is 140 Å². The number of hydrogen-bond donors (Lipinski definition) is 3. The first kappa shape index (κ1) is 18.6. The Bertz CT molecular complexity index is 875. The van der Waals surface area contributed by atoms with Crippen molar-refractivity contribution in [2.75, 3.05) is 19.0 Å². The predicted octanol–water partition coefficient (Wildman–Crippen LogP) is -0.295. The highest BCUT2D eigenvalue weighted by Gasteiger charge is 2.10. The van der Waals surface area contributed by atoms with Crippen LogP contribution in [0, 0.1) is 0 Å². The summed E-state index contributed by atoms with van der Waals surface area (Å²) in [5.41, 5.74) is -0.409. The molecule has 0 aliphatic heterocycles. The molecular weight excluding hydrogens is 344 g/mol. The molecule has 26 heavy (non-hydrogen) atoms. The normalized spacial score (nSPS) is 10.0. The van der Waals surface area contributed by atoms with E-state index in [1.165, 1.54) is 19.4 Å². The molecule has 0 radical (unpaired) electrons. The van der Waals surface area contributed by atoms with Gasteiger partial charge in [0.2, 0.25) is 5.91 Å². The molecule has 10 nitrogen and oxygen atoms in total. The van der Waals surface area contributed by atoms with Crippen molar-refractivity contribution in [1.82, 2.24) is 14.9 Å². The molecule has 136 valence electrons. The van der Waals surface area contributed by atoms with Gasteiger partial charge in [0.15, 0.2) is 0 Å². The van der Waals surface area contributed by atoms with Crippen molar-refractivity contribution in [1.29, 1.82) is 0 Å².